The second kappa shape index (κ2) is 4.19. The Hall–Kier alpha value is -2.15. The van der Waals surface area contributed by atoms with Gasteiger partial charge in [-0.15, -0.1) is 6.42 Å². The van der Waals surface area contributed by atoms with E-state index in [1.807, 2.05) is 5.92 Å². The largest absolute Gasteiger partial charge is 0.497 e. The summed E-state index contributed by atoms with van der Waals surface area (Å²) in [6.07, 6.45) is 4.91. The highest BCUT2D eigenvalue weighted by atomic mass is 16.5. The van der Waals surface area contributed by atoms with E-state index in [9.17, 15) is 4.79 Å². The summed E-state index contributed by atoms with van der Waals surface area (Å²) in [4.78, 5) is 10.9. The van der Waals surface area contributed by atoms with Gasteiger partial charge in [-0.05, 0) is 18.1 Å². The van der Waals surface area contributed by atoms with E-state index in [4.69, 9.17) is 16.9 Å². The van der Waals surface area contributed by atoms with Gasteiger partial charge in [-0.3, -0.25) is 4.79 Å². The summed E-state index contributed by atoms with van der Waals surface area (Å²) < 4.78 is 4.97. The molecule has 0 aromatic heterocycles. The van der Waals surface area contributed by atoms with E-state index >= 15 is 0 Å². The molecule has 0 atom stereocenters. The summed E-state index contributed by atoms with van der Waals surface area (Å²) in [6.45, 7) is 0. The minimum atomic E-state index is -0.537. The van der Waals surface area contributed by atoms with Crippen LogP contribution < -0.4 is 15.8 Å². The van der Waals surface area contributed by atoms with Crippen molar-refractivity contribution in [2.75, 3.05) is 18.2 Å². The fourth-order valence-electron chi connectivity index (χ4n) is 0.929. The van der Waals surface area contributed by atoms with Crippen LogP contribution >= 0.6 is 0 Å². The number of ether oxygens (including phenoxy) is 1. The van der Waals surface area contributed by atoms with Gasteiger partial charge in [0.1, 0.15) is 5.75 Å². The van der Waals surface area contributed by atoms with Crippen LogP contribution in [0, 0.1) is 12.3 Å². The Morgan fingerprint density at radius 2 is 2.36 bits per heavy atom. The Balaban J connectivity index is 2.96. The molecule has 1 amide bonds. The van der Waals surface area contributed by atoms with Crippen LogP contribution in [0.4, 0.5) is 11.4 Å². The minimum absolute atomic E-state index is 0.439. The predicted octanol–water partition coefficient (Wildman–Crippen LogP) is 0.849. The first-order valence-corrected chi connectivity index (χ1v) is 3.88. The number of terminal acetylenes is 1. The first-order valence-electron chi connectivity index (χ1n) is 3.88. The molecular weight excluding hydrogens is 180 g/mol. The van der Waals surface area contributed by atoms with Gasteiger partial charge in [0, 0.05) is 6.07 Å². The van der Waals surface area contributed by atoms with E-state index in [2.05, 4.69) is 5.32 Å². The third-order valence-electron chi connectivity index (χ3n) is 1.64. The van der Waals surface area contributed by atoms with Gasteiger partial charge in [0.05, 0.1) is 18.5 Å². The summed E-state index contributed by atoms with van der Waals surface area (Å²) in [5.41, 5.74) is 6.50. The number of hydrogen-bond acceptors (Lipinski definition) is 3. The second-order valence-electron chi connectivity index (χ2n) is 2.55. The highest BCUT2D eigenvalue weighted by Crippen LogP contribution is 2.23. The lowest BCUT2D eigenvalue weighted by Gasteiger charge is -2.07. The fourth-order valence-corrected chi connectivity index (χ4v) is 0.929. The summed E-state index contributed by atoms with van der Waals surface area (Å²) in [5, 5.41) is 2.45. The monoisotopic (exact) mass is 190 g/mol. The van der Waals surface area contributed by atoms with Crippen LogP contribution in [-0.4, -0.2) is 13.0 Å². The average Bonchev–Trinajstić information content (AvgIpc) is 2.21. The number of hydrogen-bond donors (Lipinski definition) is 2. The lowest BCUT2D eigenvalue weighted by molar-refractivity contribution is -0.111. The molecule has 0 radical (unpaired) electrons. The molecule has 0 saturated carbocycles. The first kappa shape index (κ1) is 9.93. The molecule has 0 aliphatic carbocycles. The maximum absolute atomic E-state index is 10.9. The van der Waals surface area contributed by atoms with Gasteiger partial charge in [-0.2, -0.15) is 0 Å². The van der Waals surface area contributed by atoms with Crippen LogP contribution in [0.5, 0.6) is 5.75 Å². The van der Waals surface area contributed by atoms with Crippen LogP contribution in [0.3, 0.4) is 0 Å². The Labute approximate surface area is 82.1 Å². The SMILES string of the molecule is C#CC(=O)Nc1cc(OC)ccc1N. The second-order valence-corrected chi connectivity index (χ2v) is 2.55. The Bertz CT molecular complexity index is 394. The number of nitrogens with one attached hydrogen (secondary N) is 1. The van der Waals surface area contributed by atoms with Crippen molar-refractivity contribution in [1.29, 1.82) is 0 Å². The third-order valence-corrected chi connectivity index (χ3v) is 1.64. The molecule has 4 heteroatoms. The quantitative estimate of drug-likeness (QED) is 0.536. The van der Waals surface area contributed by atoms with E-state index in [1.165, 1.54) is 7.11 Å². The number of carbonyl (C=O) groups is 1. The third kappa shape index (κ3) is 2.17. The number of carbonyl (C=O) groups excluding carboxylic acids is 1. The number of nitrogen functional groups attached to an aromatic ring is 1. The van der Waals surface area contributed by atoms with Gasteiger partial charge in [-0.25, -0.2) is 0 Å². The van der Waals surface area contributed by atoms with Crippen LogP contribution in [-0.2, 0) is 4.79 Å². The van der Waals surface area contributed by atoms with Gasteiger partial charge in [0.2, 0.25) is 0 Å². The molecule has 0 aliphatic heterocycles. The van der Waals surface area contributed by atoms with Crippen molar-refractivity contribution in [3.63, 3.8) is 0 Å². The normalized spacial score (nSPS) is 8.86. The van der Waals surface area contributed by atoms with Crippen molar-refractivity contribution >= 4 is 17.3 Å². The standard InChI is InChI=1S/C10H10N2O2/c1-3-10(13)12-9-6-7(14-2)4-5-8(9)11/h1,4-6H,11H2,2H3,(H,12,13). The molecule has 14 heavy (non-hydrogen) atoms. The van der Waals surface area contributed by atoms with E-state index < -0.39 is 5.91 Å². The Morgan fingerprint density at radius 1 is 1.64 bits per heavy atom. The predicted molar refractivity (Wildman–Crippen MR) is 54.9 cm³/mol. The summed E-state index contributed by atoms with van der Waals surface area (Å²) in [7, 11) is 1.53. The van der Waals surface area contributed by atoms with Crippen LogP contribution in [0.15, 0.2) is 18.2 Å². The van der Waals surface area contributed by atoms with Crippen LogP contribution in [0.2, 0.25) is 0 Å². The molecular formula is C10H10N2O2. The van der Waals surface area contributed by atoms with Crippen molar-refractivity contribution in [3.05, 3.63) is 18.2 Å². The Kier molecular flexibility index (Phi) is 2.97. The van der Waals surface area contributed by atoms with Crippen LogP contribution in [0.25, 0.3) is 0 Å². The van der Waals surface area contributed by atoms with Gasteiger partial charge in [0.15, 0.2) is 0 Å². The molecule has 0 heterocycles. The molecule has 1 rings (SSSR count). The molecule has 3 N–H and O–H groups in total. The topological polar surface area (TPSA) is 64.3 Å². The number of methoxy groups -OCH3 is 1. The van der Waals surface area contributed by atoms with E-state index in [-0.39, 0.29) is 0 Å². The Morgan fingerprint density at radius 3 is 2.93 bits per heavy atom. The smallest absolute Gasteiger partial charge is 0.300 e. The summed E-state index contributed by atoms with van der Waals surface area (Å²) in [5.74, 6) is 2.00. The zero-order valence-corrected chi connectivity index (χ0v) is 7.70. The zero-order valence-electron chi connectivity index (χ0n) is 7.70. The molecule has 1 aromatic rings. The summed E-state index contributed by atoms with van der Waals surface area (Å²) in [6, 6.07) is 4.93. The summed E-state index contributed by atoms with van der Waals surface area (Å²) >= 11 is 0. The van der Waals surface area contributed by atoms with Crippen molar-refractivity contribution in [2.45, 2.75) is 0 Å². The molecule has 72 valence electrons. The molecule has 0 bridgehead atoms. The van der Waals surface area contributed by atoms with E-state index in [0.29, 0.717) is 17.1 Å². The van der Waals surface area contributed by atoms with E-state index in [1.54, 1.807) is 18.2 Å². The molecule has 4 nitrogen and oxygen atoms in total. The molecule has 0 aliphatic rings. The minimum Gasteiger partial charge on any atom is -0.497 e. The van der Waals surface area contributed by atoms with Gasteiger partial charge in [-0.1, -0.05) is 0 Å². The molecule has 0 spiro atoms. The lowest BCUT2D eigenvalue weighted by Crippen LogP contribution is -2.09. The van der Waals surface area contributed by atoms with Crippen molar-refractivity contribution in [1.82, 2.24) is 0 Å². The maximum atomic E-state index is 10.9. The van der Waals surface area contributed by atoms with Gasteiger partial charge in [0.25, 0.3) is 5.91 Å². The van der Waals surface area contributed by atoms with Gasteiger partial charge >= 0.3 is 0 Å². The molecule has 0 unspecified atom stereocenters. The fraction of sp³-hybridized carbons (Fsp3) is 0.100. The highest BCUT2D eigenvalue weighted by Gasteiger charge is 2.03. The molecule has 0 fully saturated rings. The lowest BCUT2D eigenvalue weighted by atomic mass is 10.2. The number of amides is 1. The highest BCUT2D eigenvalue weighted by molar-refractivity contribution is 6.05. The van der Waals surface area contributed by atoms with Crippen molar-refractivity contribution in [2.24, 2.45) is 0 Å². The maximum Gasteiger partial charge on any atom is 0.300 e. The number of nitrogens with two attached hydrogens (primary N) is 1. The zero-order chi connectivity index (χ0) is 10.6. The first-order chi connectivity index (χ1) is 6.67. The van der Waals surface area contributed by atoms with Gasteiger partial charge < -0.3 is 15.8 Å². The number of anilines is 2. The average molecular weight is 190 g/mol. The molecule has 0 saturated heterocycles. The number of benzene rings is 1. The molecule has 1 aromatic carbocycles. The number of rotatable bonds is 2. The van der Waals surface area contributed by atoms with Crippen molar-refractivity contribution < 1.29 is 9.53 Å². The van der Waals surface area contributed by atoms with Crippen LogP contribution in [0.1, 0.15) is 0 Å². The van der Waals surface area contributed by atoms with Crippen molar-refractivity contribution in [3.8, 4) is 18.1 Å². The van der Waals surface area contributed by atoms with E-state index in [0.717, 1.165) is 0 Å².